The highest BCUT2D eigenvalue weighted by atomic mass is 16.2. The monoisotopic (exact) mass is 432 g/mol. The summed E-state index contributed by atoms with van der Waals surface area (Å²) in [6.07, 6.45) is 1.19. The highest BCUT2D eigenvalue weighted by molar-refractivity contribution is 5.99. The number of aromatic nitrogens is 2. The van der Waals surface area contributed by atoms with E-state index >= 15 is 0 Å². The summed E-state index contributed by atoms with van der Waals surface area (Å²) in [5.41, 5.74) is 1.80. The Balaban J connectivity index is 1.67. The van der Waals surface area contributed by atoms with Crippen molar-refractivity contribution in [1.82, 2.24) is 19.4 Å². The molecule has 4 rings (SSSR count). The molecule has 166 valence electrons. The van der Waals surface area contributed by atoms with Crippen LogP contribution in [0.5, 0.6) is 0 Å². The first-order valence-corrected chi connectivity index (χ1v) is 10.9. The lowest BCUT2D eigenvalue weighted by Crippen LogP contribution is -2.49. The Labute approximate surface area is 186 Å². The molecule has 1 atom stereocenters. The molecule has 1 fully saturated rings. The number of hydrogen-bond acceptors (Lipinski definition) is 5. The molecule has 8 nitrogen and oxygen atoms in total. The summed E-state index contributed by atoms with van der Waals surface area (Å²) in [6, 6.07) is 15.4. The topological polar surface area (TPSA) is 109 Å². The molecule has 1 aliphatic rings. The number of carbonyl (C=O) groups is 1. The smallest absolute Gasteiger partial charge is 0.291 e. The van der Waals surface area contributed by atoms with Gasteiger partial charge in [0.25, 0.3) is 11.5 Å². The van der Waals surface area contributed by atoms with Crippen LogP contribution < -0.4 is 11.0 Å². The molecule has 1 aromatic heterocycles. The van der Waals surface area contributed by atoms with Gasteiger partial charge in [-0.25, -0.2) is 0 Å². The van der Waals surface area contributed by atoms with E-state index in [1.54, 1.807) is 18.2 Å². The number of hydrogen-bond donors (Lipinski definition) is 3. The van der Waals surface area contributed by atoms with E-state index in [1.807, 2.05) is 30.0 Å². The lowest BCUT2D eigenvalue weighted by atomic mass is 10.0. The van der Waals surface area contributed by atoms with E-state index in [-0.39, 0.29) is 23.3 Å². The number of nitrogens with zero attached hydrogens (tertiary/aromatic N) is 3. The van der Waals surface area contributed by atoms with E-state index in [0.717, 1.165) is 13.0 Å². The molecule has 2 aromatic carbocycles. The normalized spacial score (nSPS) is 16.9. The molecule has 1 amide bonds. The number of fused-ring (bicyclic) bond motifs is 1. The average Bonchev–Trinajstić information content (AvgIpc) is 2.80. The van der Waals surface area contributed by atoms with Crippen molar-refractivity contribution in [2.45, 2.75) is 25.8 Å². The summed E-state index contributed by atoms with van der Waals surface area (Å²) in [5, 5.41) is 16.4. The minimum atomic E-state index is -0.577. The van der Waals surface area contributed by atoms with Crippen LogP contribution in [0.4, 0.5) is 0 Å². The number of amides is 1. The lowest BCUT2D eigenvalue weighted by molar-refractivity contribution is 0.0546. The van der Waals surface area contributed by atoms with E-state index in [2.05, 4.69) is 29.1 Å². The SMILES string of the molecule is CCCC(=N)n1c(=N)c(=O)[nH]c2cc(C(=O)N3CCN(C)C(c4ccccc4)C3)ccc21. The second-order valence-corrected chi connectivity index (χ2v) is 8.23. The van der Waals surface area contributed by atoms with Gasteiger partial charge in [-0.15, -0.1) is 0 Å². The first-order valence-electron chi connectivity index (χ1n) is 10.9. The van der Waals surface area contributed by atoms with Crippen LogP contribution in [0.1, 0.15) is 41.7 Å². The molecule has 2 heterocycles. The van der Waals surface area contributed by atoms with E-state index in [9.17, 15) is 9.59 Å². The maximum Gasteiger partial charge on any atom is 0.291 e. The van der Waals surface area contributed by atoms with Crippen LogP contribution in [0.15, 0.2) is 53.3 Å². The molecular weight excluding hydrogens is 404 g/mol. The first kappa shape index (κ1) is 21.7. The van der Waals surface area contributed by atoms with Gasteiger partial charge < -0.3 is 9.88 Å². The summed E-state index contributed by atoms with van der Waals surface area (Å²) in [7, 11) is 2.07. The van der Waals surface area contributed by atoms with Crippen LogP contribution in [0, 0.1) is 10.8 Å². The van der Waals surface area contributed by atoms with E-state index in [0.29, 0.717) is 36.1 Å². The van der Waals surface area contributed by atoms with Crippen molar-refractivity contribution in [3.05, 3.63) is 75.5 Å². The van der Waals surface area contributed by atoms with Gasteiger partial charge in [-0.2, -0.15) is 0 Å². The Morgan fingerprint density at radius 3 is 2.62 bits per heavy atom. The molecule has 1 saturated heterocycles. The molecule has 0 spiro atoms. The summed E-state index contributed by atoms with van der Waals surface area (Å²) in [4.78, 5) is 32.5. The van der Waals surface area contributed by atoms with Gasteiger partial charge in [0.1, 0.15) is 5.84 Å². The average molecular weight is 433 g/mol. The Bertz CT molecular complexity index is 1280. The zero-order valence-electron chi connectivity index (χ0n) is 18.4. The van der Waals surface area contributed by atoms with Gasteiger partial charge in [-0.05, 0) is 37.2 Å². The van der Waals surface area contributed by atoms with Crippen molar-refractivity contribution in [2.75, 3.05) is 26.7 Å². The van der Waals surface area contributed by atoms with Gasteiger partial charge in [0.15, 0.2) is 5.49 Å². The molecule has 8 heteroatoms. The van der Waals surface area contributed by atoms with Gasteiger partial charge >= 0.3 is 0 Å². The van der Waals surface area contributed by atoms with Crippen LogP contribution in [0.25, 0.3) is 11.0 Å². The Kier molecular flexibility index (Phi) is 6.05. The van der Waals surface area contributed by atoms with Gasteiger partial charge in [-0.3, -0.25) is 29.9 Å². The summed E-state index contributed by atoms with van der Waals surface area (Å²) >= 11 is 0. The Hall–Kier alpha value is -3.52. The van der Waals surface area contributed by atoms with Crippen LogP contribution in [0.3, 0.4) is 0 Å². The number of piperazine rings is 1. The molecular formula is C24H28N6O2. The second-order valence-electron chi connectivity index (χ2n) is 8.23. The lowest BCUT2D eigenvalue weighted by Gasteiger charge is -2.39. The number of aromatic amines is 1. The molecule has 0 saturated carbocycles. The van der Waals surface area contributed by atoms with Gasteiger partial charge in [0.05, 0.1) is 17.1 Å². The van der Waals surface area contributed by atoms with E-state index in [4.69, 9.17) is 10.8 Å². The number of rotatable bonds is 4. The molecule has 32 heavy (non-hydrogen) atoms. The van der Waals surface area contributed by atoms with Crippen molar-refractivity contribution < 1.29 is 4.79 Å². The largest absolute Gasteiger partial charge is 0.335 e. The van der Waals surface area contributed by atoms with Crippen molar-refractivity contribution in [1.29, 1.82) is 10.8 Å². The van der Waals surface area contributed by atoms with Crippen LogP contribution in [0.2, 0.25) is 0 Å². The Morgan fingerprint density at radius 1 is 1.16 bits per heavy atom. The third-order valence-electron chi connectivity index (χ3n) is 6.05. The van der Waals surface area contributed by atoms with Gasteiger partial charge in [0, 0.05) is 31.6 Å². The fraction of sp³-hybridized carbons (Fsp3) is 0.333. The maximum absolute atomic E-state index is 13.3. The molecule has 1 unspecified atom stereocenters. The van der Waals surface area contributed by atoms with Gasteiger partial charge in [-0.1, -0.05) is 37.3 Å². The van der Waals surface area contributed by atoms with Crippen molar-refractivity contribution in [3.63, 3.8) is 0 Å². The Morgan fingerprint density at radius 2 is 1.91 bits per heavy atom. The fourth-order valence-corrected chi connectivity index (χ4v) is 4.27. The predicted octanol–water partition coefficient (Wildman–Crippen LogP) is 2.56. The highest BCUT2D eigenvalue weighted by Gasteiger charge is 2.29. The third-order valence-corrected chi connectivity index (χ3v) is 6.05. The van der Waals surface area contributed by atoms with Crippen molar-refractivity contribution in [3.8, 4) is 0 Å². The standard InChI is InChI=1S/C24H28N6O2/c1-3-7-21(25)30-19-11-10-17(14-18(19)27-23(31)22(30)26)24(32)29-13-12-28(2)20(15-29)16-8-5-4-6-9-16/h4-6,8-11,14,20,25-26H,3,7,12-13,15H2,1-2H3,(H,27,31). The van der Waals surface area contributed by atoms with Crippen molar-refractivity contribution >= 4 is 22.8 Å². The number of nitrogens with one attached hydrogen (secondary N) is 3. The zero-order valence-corrected chi connectivity index (χ0v) is 18.4. The van der Waals surface area contributed by atoms with Crippen LogP contribution in [-0.4, -0.2) is 57.8 Å². The molecule has 1 aliphatic heterocycles. The summed E-state index contributed by atoms with van der Waals surface area (Å²) < 4.78 is 1.35. The van der Waals surface area contributed by atoms with Crippen molar-refractivity contribution in [2.24, 2.45) is 0 Å². The van der Waals surface area contributed by atoms with E-state index < -0.39 is 5.56 Å². The van der Waals surface area contributed by atoms with Gasteiger partial charge in [0.2, 0.25) is 0 Å². The number of likely N-dealkylation sites (N-methyl/N-ethyl adjacent to an activating group) is 1. The fourth-order valence-electron chi connectivity index (χ4n) is 4.27. The van der Waals surface area contributed by atoms with E-state index in [1.165, 1.54) is 10.1 Å². The zero-order chi connectivity index (χ0) is 22.8. The summed E-state index contributed by atoms with van der Waals surface area (Å²) in [5.74, 6) is 0.101. The second kappa shape index (κ2) is 8.92. The minimum absolute atomic E-state index is 0.0908. The molecule has 0 aliphatic carbocycles. The molecule has 0 radical (unpaired) electrons. The molecule has 0 bridgehead atoms. The number of benzene rings is 2. The maximum atomic E-state index is 13.3. The number of carbonyl (C=O) groups excluding carboxylic acids is 1. The van der Waals surface area contributed by atoms with Crippen LogP contribution in [-0.2, 0) is 0 Å². The number of H-pyrrole nitrogens is 1. The summed E-state index contributed by atoms with van der Waals surface area (Å²) in [6.45, 7) is 3.93. The first-order chi connectivity index (χ1) is 15.4. The third kappa shape index (κ3) is 4.01. The predicted molar refractivity (Wildman–Crippen MR) is 124 cm³/mol. The quantitative estimate of drug-likeness (QED) is 0.435. The highest BCUT2D eigenvalue weighted by Crippen LogP contribution is 2.25. The minimum Gasteiger partial charge on any atom is -0.335 e. The molecule has 3 N–H and O–H groups in total. The van der Waals surface area contributed by atoms with Crippen LogP contribution >= 0.6 is 0 Å². The molecule has 3 aromatic rings.